The molecular weight excluding hydrogens is 432 g/mol. The van der Waals surface area contributed by atoms with E-state index in [4.69, 9.17) is 14.2 Å². The zero-order valence-electron chi connectivity index (χ0n) is 18.9. The van der Waals surface area contributed by atoms with Crippen molar-refractivity contribution in [1.82, 2.24) is 9.97 Å². The van der Waals surface area contributed by atoms with Crippen LogP contribution in [0.4, 0.5) is 0 Å². The van der Waals surface area contributed by atoms with Crippen LogP contribution < -0.4 is 19.9 Å². The fourth-order valence-electron chi connectivity index (χ4n) is 3.40. The van der Waals surface area contributed by atoms with Crippen LogP contribution in [0.2, 0.25) is 0 Å². The first kappa shape index (κ1) is 22.9. The van der Waals surface area contributed by atoms with Gasteiger partial charge in [0.05, 0.1) is 13.2 Å². The van der Waals surface area contributed by atoms with E-state index in [1.807, 2.05) is 54.6 Å². The third-order valence-corrected chi connectivity index (χ3v) is 5.16. The van der Waals surface area contributed by atoms with Crippen molar-refractivity contribution >= 4 is 5.78 Å². The largest absolute Gasteiger partial charge is 0.493 e. The maximum Gasteiger partial charge on any atom is 0.323 e. The van der Waals surface area contributed by atoms with E-state index in [-0.39, 0.29) is 11.5 Å². The number of carbonyl (C=O) groups excluding carboxylic acids is 1. The number of para-hydroxylation sites is 2. The number of ether oxygens (including phenoxy) is 3. The fourth-order valence-corrected chi connectivity index (χ4v) is 3.40. The zero-order valence-corrected chi connectivity index (χ0v) is 18.9. The molecule has 0 aliphatic carbocycles. The molecule has 0 aliphatic heterocycles. The Kier molecular flexibility index (Phi) is 7.45. The molecule has 3 aromatic carbocycles. The summed E-state index contributed by atoms with van der Waals surface area (Å²) in [4.78, 5) is 29.0. The summed E-state index contributed by atoms with van der Waals surface area (Å²) in [6.45, 7) is 3.09. The molecule has 0 radical (unpaired) electrons. The first-order valence-corrected chi connectivity index (χ1v) is 11.0. The van der Waals surface area contributed by atoms with Gasteiger partial charge in [-0.05, 0) is 48.9 Å². The van der Waals surface area contributed by atoms with Gasteiger partial charge in [-0.3, -0.25) is 4.79 Å². The van der Waals surface area contributed by atoms with Gasteiger partial charge in [-0.1, -0.05) is 42.5 Å². The van der Waals surface area contributed by atoms with Gasteiger partial charge < -0.3 is 24.2 Å². The maximum absolute atomic E-state index is 12.5. The molecule has 2 N–H and O–H groups in total. The highest BCUT2D eigenvalue weighted by Gasteiger charge is 2.14. The summed E-state index contributed by atoms with van der Waals surface area (Å²) in [6, 6.07) is 24.4. The van der Waals surface area contributed by atoms with Gasteiger partial charge in [-0.15, -0.1) is 0 Å². The summed E-state index contributed by atoms with van der Waals surface area (Å²) >= 11 is 0. The van der Waals surface area contributed by atoms with Gasteiger partial charge in [0.1, 0.15) is 18.1 Å². The number of hydrogen-bond acceptors (Lipinski definition) is 5. The highest BCUT2D eigenvalue weighted by Crippen LogP contribution is 2.27. The molecule has 0 atom stereocenters. The molecular formula is C27H26N2O5. The lowest BCUT2D eigenvalue weighted by Gasteiger charge is -2.13. The van der Waals surface area contributed by atoms with Crippen molar-refractivity contribution in [3.63, 3.8) is 0 Å². The van der Waals surface area contributed by atoms with Gasteiger partial charge in [0.25, 0.3) is 0 Å². The van der Waals surface area contributed by atoms with Gasteiger partial charge in [-0.2, -0.15) is 0 Å². The zero-order chi connectivity index (χ0) is 23.8. The molecule has 1 heterocycles. The lowest BCUT2D eigenvalue weighted by molar-refractivity contribution is 0.103. The quantitative estimate of drug-likeness (QED) is 0.252. The minimum Gasteiger partial charge on any atom is -0.493 e. The first-order chi connectivity index (χ1) is 16.6. The van der Waals surface area contributed by atoms with E-state index < -0.39 is 5.69 Å². The predicted octanol–water partition coefficient (Wildman–Crippen LogP) is 4.67. The number of rotatable bonds is 11. The fraction of sp³-hybridized carbons (Fsp3) is 0.185. The monoisotopic (exact) mass is 458 g/mol. The van der Waals surface area contributed by atoms with Crippen LogP contribution in [0.5, 0.6) is 17.2 Å². The number of H-pyrrole nitrogens is 2. The van der Waals surface area contributed by atoms with Crippen LogP contribution in [0.15, 0.2) is 83.7 Å². The second kappa shape index (κ2) is 11.0. The van der Waals surface area contributed by atoms with Crippen LogP contribution in [0.3, 0.4) is 0 Å². The van der Waals surface area contributed by atoms with Gasteiger partial charge in [-0.25, -0.2) is 4.79 Å². The average Bonchev–Trinajstić information content (AvgIpc) is 3.21. The number of ketones is 1. The number of aromatic amines is 2. The van der Waals surface area contributed by atoms with E-state index >= 15 is 0 Å². The van der Waals surface area contributed by atoms with Crippen molar-refractivity contribution in [2.75, 3.05) is 13.2 Å². The summed E-state index contributed by atoms with van der Waals surface area (Å²) < 4.78 is 17.6. The average molecular weight is 459 g/mol. The third-order valence-electron chi connectivity index (χ3n) is 5.16. The molecule has 4 aromatic rings. The van der Waals surface area contributed by atoms with Crippen molar-refractivity contribution in [2.24, 2.45) is 0 Å². The van der Waals surface area contributed by atoms with Crippen molar-refractivity contribution in [1.29, 1.82) is 0 Å². The highest BCUT2D eigenvalue weighted by molar-refractivity contribution is 6.08. The summed E-state index contributed by atoms with van der Waals surface area (Å²) in [5, 5.41) is 0. The molecule has 7 nitrogen and oxygen atoms in total. The number of nitrogens with one attached hydrogen (secondary N) is 2. The second-order valence-corrected chi connectivity index (χ2v) is 7.70. The van der Waals surface area contributed by atoms with Gasteiger partial charge in [0.2, 0.25) is 5.78 Å². The summed E-state index contributed by atoms with van der Waals surface area (Å²) in [5.74, 6) is 1.80. The maximum atomic E-state index is 12.5. The lowest BCUT2D eigenvalue weighted by Crippen LogP contribution is -2.07. The van der Waals surface area contributed by atoms with E-state index in [9.17, 15) is 9.59 Å². The van der Waals surface area contributed by atoms with Gasteiger partial charge >= 0.3 is 5.69 Å². The minimum atomic E-state index is -0.395. The number of hydrogen-bond donors (Lipinski definition) is 2. The van der Waals surface area contributed by atoms with E-state index in [1.165, 1.54) is 0 Å². The summed E-state index contributed by atoms with van der Waals surface area (Å²) in [6.07, 6.45) is 0.678. The molecule has 0 spiro atoms. The smallest absolute Gasteiger partial charge is 0.323 e. The first-order valence-electron chi connectivity index (χ1n) is 11.0. The molecule has 7 heteroatoms. The molecule has 0 bridgehead atoms. The predicted molar refractivity (Wildman–Crippen MR) is 129 cm³/mol. The molecule has 34 heavy (non-hydrogen) atoms. The molecule has 174 valence electrons. The third kappa shape index (κ3) is 5.95. The number of benzene rings is 3. The Morgan fingerprint density at radius 3 is 2.09 bits per heavy atom. The van der Waals surface area contributed by atoms with Crippen LogP contribution in [0.25, 0.3) is 0 Å². The number of aromatic nitrogens is 2. The Labute approximate surface area is 197 Å². The summed E-state index contributed by atoms with van der Waals surface area (Å²) in [5.41, 5.74) is 1.95. The van der Waals surface area contributed by atoms with Gasteiger partial charge in [0, 0.05) is 17.7 Å². The van der Waals surface area contributed by atoms with Crippen molar-refractivity contribution in [3.05, 3.63) is 112 Å². The number of carbonyl (C=O) groups is 1. The summed E-state index contributed by atoms with van der Waals surface area (Å²) in [7, 11) is 0. The molecule has 0 saturated carbocycles. The highest BCUT2D eigenvalue weighted by atomic mass is 16.5. The van der Waals surface area contributed by atoms with E-state index in [0.29, 0.717) is 54.7 Å². The molecule has 0 unspecified atom stereocenters. The van der Waals surface area contributed by atoms with E-state index in [2.05, 4.69) is 9.97 Å². The van der Waals surface area contributed by atoms with Crippen molar-refractivity contribution in [2.45, 2.75) is 20.0 Å². The molecule has 0 aliphatic rings. The minimum absolute atomic E-state index is 0.246. The Balaban J connectivity index is 1.23. The van der Waals surface area contributed by atoms with Crippen LogP contribution >= 0.6 is 0 Å². The Morgan fingerprint density at radius 2 is 1.41 bits per heavy atom. The molecule has 0 fully saturated rings. The molecule has 1 aromatic heterocycles. The Morgan fingerprint density at radius 1 is 0.765 bits per heavy atom. The van der Waals surface area contributed by atoms with Crippen molar-refractivity contribution in [3.8, 4) is 17.2 Å². The molecule has 0 saturated heterocycles. The lowest BCUT2D eigenvalue weighted by atomic mass is 10.1. The molecule has 0 amide bonds. The number of aryl methyl sites for hydroxylation is 1. The van der Waals surface area contributed by atoms with Crippen LogP contribution in [-0.4, -0.2) is 29.0 Å². The Hall–Kier alpha value is -4.26. The Bertz CT molecular complexity index is 1280. The van der Waals surface area contributed by atoms with Crippen molar-refractivity contribution < 1.29 is 19.0 Å². The second-order valence-electron chi connectivity index (χ2n) is 7.70. The standard InChI is InChI=1S/C27H26N2O5/c1-19-25(29-27(31)28-19)26(30)21-12-14-22(15-13-21)32-16-7-17-33-23-10-5-6-11-24(23)34-18-20-8-3-2-4-9-20/h2-6,8-15H,7,16-18H2,1H3,(H2,28,29,31). The van der Waals surface area contributed by atoms with Gasteiger partial charge in [0.15, 0.2) is 11.5 Å². The SMILES string of the molecule is Cc1[nH]c(=O)[nH]c1C(=O)c1ccc(OCCCOc2ccccc2OCc2ccccc2)cc1. The van der Waals surface area contributed by atoms with E-state index in [0.717, 1.165) is 5.56 Å². The van der Waals surface area contributed by atoms with E-state index in [1.54, 1.807) is 31.2 Å². The normalized spacial score (nSPS) is 10.6. The number of imidazole rings is 1. The topological polar surface area (TPSA) is 93.4 Å². The van der Waals surface area contributed by atoms with Crippen LogP contribution in [0, 0.1) is 6.92 Å². The van der Waals surface area contributed by atoms with Crippen LogP contribution in [0.1, 0.15) is 33.7 Å². The van der Waals surface area contributed by atoms with Crippen LogP contribution in [-0.2, 0) is 6.61 Å². The molecule has 4 rings (SSSR count).